The van der Waals surface area contributed by atoms with Gasteiger partial charge in [0.05, 0.1) is 0 Å². The quantitative estimate of drug-likeness (QED) is 0.313. The monoisotopic (exact) mass is 432 g/mol. The Morgan fingerprint density at radius 2 is 1.55 bits per heavy atom. The molecular formula is C31H28O2. The van der Waals surface area contributed by atoms with E-state index < -0.39 is 0 Å². The molecule has 5 rings (SSSR count). The summed E-state index contributed by atoms with van der Waals surface area (Å²) in [4.78, 5) is 27.7. The van der Waals surface area contributed by atoms with Gasteiger partial charge in [-0.2, -0.15) is 0 Å². The van der Waals surface area contributed by atoms with Crippen LogP contribution in [0, 0.1) is 18.8 Å². The minimum Gasteiger partial charge on any atom is -0.294 e. The van der Waals surface area contributed by atoms with Crippen LogP contribution < -0.4 is 0 Å². The van der Waals surface area contributed by atoms with Crippen molar-refractivity contribution in [1.82, 2.24) is 0 Å². The molecule has 0 saturated heterocycles. The molecule has 0 amide bonds. The summed E-state index contributed by atoms with van der Waals surface area (Å²) in [6.07, 6.45) is 1.63. The normalized spacial score (nSPS) is 17.4. The van der Waals surface area contributed by atoms with Gasteiger partial charge in [-0.25, -0.2) is 0 Å². The molecule has 164 valence electrons. The SMILES string of the molecule is Cc1ccc2ccccc2c1C(=O)C(C)C(c1ccccc1)C1CCc2ccccc2C1=O. The Balaban J connectivity index is 1.60. The third-order valence-corrected chi connectivity index (χ3v) is 7.30. The van der Waals surface area contributed by atoms with E-state index >= 15 is 0 Å². The molecule has 4 aromatic carbocycles. The number of aryl methyl sites for hydroxylation is 2. The lowest BCUT2D eigenvalue weighted by molar-refractivity contribution is 0.0809. The van der Waals surface area contributed by atoms with Crippen LogP contribution in [0.15, 0.2) is 91.0 Å². The summed E-state index contributed by atoms with van der Waals surface area (Å²) >= 11 is 0. The lowest BCUT2D eigenvalue weighted by atomic mass is 9.67. The number of carbonyl (C=O) groups excluding carboxylic acids is 2. The molecule has 3 unspecified atom stereocenters. The van der Waals surface area contributed by atoms with Crippen LogP contribution in [0.4, 0.5) is 0 Å². The van der Waals surface area contributed by atoms with Crippen LogP contribution in [-0.2, 0) is 6.42 Å². The summed E-state index contributed by atoms with van der Waals surface area (Å²) in [6, 6.07) is 30.2. The van der Waals surface area contributed by atoms with E-state index in [0.29, 0.717) is 0 Å². The molecular weight excluding hydrogens is 404 g/mol. The van der Waals surface area contributed by atoms with Crippen LogP contribution in [0.25, 0.3) is 10.8 Å². The number of hydrogen-bond acceptors (Lipinski definition) is 2. The number of benzene rings is 4. The molecule has 1 aliphatic rings. The topological polar surface area (TPSA) is 34.1 Å². The number of fused-ring (bicyclic) bond motifs is 2. The average molecular weight is 433 g/mol. The van der Waals surface area contributed by atoms with Crippen LogP contribution >= 0.6 is 0 Å². The maximum Gasteiger partial charge on any atom is 0.167 e. The molecule has 0 aromatic heterocycles. The third-order valence-electron chi connectivity index (χ3n) is 7.30. The van der Waals surface area contributed by atoms with Gasteiger partial charge in [-0.05, 0) is 47.2 Å². The van der Waals surface area contributed by atoms with Gasteiger partial charge in [0.15, 0.2) is 11.6 Å². The molecule has 33 heavy (non-hydrogen) atoms. The summed E-state index contributed by atoms with van der Waals surface area (Å²) in [6.45, 7) is 4.01. The molecule has 0 spiro atoms. The summed E-state index contributed by atoms with van der Waals surface area (Å²) in [7, 11) is 0. The fourth-order valence-electron chi connectivity index (χ4n) is 5.61. The second-order valence-corrected chi connectivity index (χ2v) is 9.23. The van der Waals surface area contributed by atoms with Gasteiger partial charge in [0.2, 0.25) is 0 Å². The Morgan fingerprint density at radius 3 is 2.36 bits per heavy atom. The highest BCUT2D eigenvalue weighted by atomic mass is 16.1. The lowest BCUT2D eigenvalue weighted by Crippen LogP contribution is -2.34. The van der Waals surface area contributed by atoms with E-state index in [9.17, 15) is 9.59 Å². The number of rotatable bonds is 5. The van der Waals surface area contributed by atoms with Gasteiger partial charge in [-0.3, -0.25) is 9.59 Å². The van der Waals surface area contributed by atoms with E-state index in [1.807, 2.05) is 80.6 Å². The zero-order valence-corrected chi connectivity index (χ0v) is 19.1. The standard InChI is InChI=1S/C31H28O2/c1-20-16-17-22-10-6-8-14-25(22)28(20)30(32)21(2)29(24-12-4-3-5-13-24)27-19-18-23-11-7-9-15-26(23)31(27)33/h3-17,21,27,29H,18-19H2,1-2H3. The Labute approximate surface area is 195 Å². The molecule has 0 N–H and O–H groups in total. The lowest BCUT2D eigenvalue weighted by Gasteiger charge is -2.34. The van der Waals surface area contributed by atoms with E-state index in [-0.39, 0.29) is 29.3 Å². The van der Waals surface area contributed by atoms with Gasteiger partial charge in [0.1, 0.15) is 0 Å². The van der Waals surface area contributed by atoms with Crippen molar-refractivity contribution in [2.24, 2.45) is 11.8 Å². The van der Waals surface area contributed by atoms with E-state index in [1.165, 1.54) is 0 Å². The van der Waals surface area contributed by atoms with Crippen molar-refractivity contribution >= 4 is 22.3 Å². The van der Waals surface area contributed by atoms with Crippen molar-refractivity contribution in [2.75, 3.05) is 0 Å². The molecule has 3 atom stereocenters. The Bertz CT molecular complexity index is 1340. The van der Waals surface area contributed by atoms with Crippen molar-refractivity contribution in [2.45, 2.75) is 32.6 Å². The Kier molecular flexibility index (Phi) is 5.68. The molecule has 0 radical (unpaired) electrons. The minimum atomic E-state index is -0.323. The van der Waals surface area contributed by atoms with Crippen LogP contribution in [-0.4, -0.2) is 11.6 Å². The minimum absolute atomic E-state index is 0.116. The zero-order chi connectivity index (χ0) is 22.9. The number of Topliss-reactive ketones (excluding diaryl/α,β-unsaturated/α-hetero) is 2. The predicted molar refractivity (Wildman–Crippen MR) is 134 cm³/mol. The fourth-order valence-corrected chi connectivity index (χ4v) is 5.61. The Hall–Kier alpha value is -3.52. The first-order chi connectivity index (χ1) is 16.1. The van der Waals surface area contributed by atoms with Gasteiger partial charge >= 0.3 is 0 Å². The average Bonchev–Trinajstić information content (AvgIpc) is 2.86. The van der Waals surface area contributed by atoms with E-state index in [0.717, 1.165) is 51.4 Å². The van der Waals surface area contributed by atoms with Gasteiger partial charge in [0, 0.05) is 28.9 Å². The first-order valence-corrected chi connectivity index (χ1v) is 11.8. The highest BCUT2D eigenvalue weighted by Crippen LogP contribution is 2.42. The molecule has 0 aliphatic heterocycles. The summed E-state index contributed by atoms with van der Waals surface area (Å²) < 4.78 is 0. The van der Waals surface area contributed by atoms with Gasteiger partial charge in [-0.1, -0.05) is 97.9 Å². The summed E-state index contributed by atoms with van der Waals surface area (Å²) in [5.74, 6) is -0.421. The van der Waals surface area contributed by atoms with Crippen molar-refractivity contribution in [3.05, 3.63) is 119 Å². The first-order valence-electron chi connectivity index (χ1n) is 11.8. The van der Waals surface area contributed by atoms with Gasteiger partial charge in [-0.15, -0.1) is 0 Å². The molecule has 1 aliphatic carbocycles. The van der Waals surface area contributed by atoms with Crippen LogP contribution in [0.3, 0.4) is 0 Å². The van der Waals surface area contributed by atoms with E-state index in [1.54, 1.807) is 0 Å². The summed E-state index contributed by atoms with van der Waals surface area (Å²) in [5, 5.41) is 2.05. The van der Waals surface area contributed by atoms with Crippen molar-refractivity contribution in [3.63, 3.8) is 0 Å². The molecule has 0 heterocycles. The molecule has 2 heteroatoms. The number of hydrogen-bond donors (Lipinski definition) is 0. The Morgan fingerprint density at radius 1 is 0.848 bits per heavy atom. The molecule has 4 aromatic rings. The molecule has 2 nitrogen and oxygen atoms in total. The summed E-state index contributed by atoms with van der Waals surface area (Å²) in [5.41, 5.74) is 4.77. The van der Waals surface area contributed by atoms with E-state index in [2.05, 4.69) is 24.3 Å². The second-order valence-electron chi connectivity index (χ2n) is 9.23. The van der Waals surface area contributed by atoms with Crippen LogP contribution in [0.5, 0.6) is 0 Å². The predicted octanol–water partition coefficient (Wildman–Crippen LogP) is 7.20. The molecule has 0 fully saturated rings. The second kappa shape index (κ2) is 8.78. The van der Waals surface area contributed by atoms with Gasteiger partial charge in [0.25, 0.3) is 0 Å². The first kappa shape index (κ1) is 21.3. The maximum atomic E-state index is 14.1. The smallest absolute Gasteiger partial charge is 0.167 e. The van der Waals surface area contributed by atoms with Crippen LogP contribution in [0.1, 0.15) is 56.7 Å². The molecule has 0 saturated carbocycles. The van der Waals surface area contributed by atoms with Crippen molar-refractivity contribution < 1.29 is 9.59 Å². The number of ketones is 2. The van der Waals surface area contributed by atoms with Crippen LogP contribution in [0.2, 0.25) is 0 Å². The van der Waals surface area contributed by atoms with Crippen molar-refractivity contribution in [1.29, 1.82) is 0 Å². The highest BCUT2D eigenvalue weighted by Gasteiger charge is 2.39. The number of carbonyl (C=O) groups is 2. The fraction of sp³-hybridized carbons (Fsp3) is 0.226. The van der Waals surface area contributed by atoms with Gasteiger partial charge < -0.3 is 0 Å². The third kappa shape index (κ3) is 3.80. The van der Waals surface area contributed by atoms with Crippen molar-refractivity contribution in [3.8, 4) is 0 Å². The largest absolute Gasteiger partial charge is 0.294 e. The molecule has 0 bridgehead atoms. The van der Waals surface area contributed by atoms with E-state index in [4.69, 9.17) is 0 Å². The maximum absolute atomic E-state index is 14.1. The zero-order valence-electron chi connectivity index (χ0n) is 19.1. The highest BCUT2D eigenvalue weighted by molar-refractivity contribution is 6.11.